The van der Waals surface area contributed by atoms with Gasteiger partial charge in [0.05, 0.1) is 6.04 Å². The van der Waals surface area contributed by atoms with Gasteiger partial charge in [0.2, 0.25) is 5.91 Å². The van der Waals surface area contributed by atoms with Crippen molar-refractivity contribution in [2.24, 2.45) is 0 Å². The van der Waals surface area contributed by atoms with Crippen molar-refractivity contribution in [2.75, 3.05) is 26.7 Å². The first-order valence-electron chi connectivity index (χ1n) is 7.58. The van der Waals surface area contributed by atoms with Gasteiger partial charge in [-0.1, -0.05) is 32.0 Å². The monoisotopic (exact) mass is 293 g/mol. The summed E-state index contributed by atoms with van der Waals surface area (Å²) in [6.45, 7) is 6.36. The van der Waals surface area contributed by atoms with Crippen molar-refractivity contribution in [3.05, 3.63) is 35.6 Å². The van der Waals surface area contributed by atoms with Crippen LogP contribution in [0.15, 0.2) is 24.3 Å². The van der Waals surface area contributed by atoms with Crippen LogP contribution in [0.5, 0.6) is 0 Å². The van der Waals surface area contributed by atoms with Crippen molar-refractivity contribution in [3.63, 3.8) is 0 Å². The number of hydrogen-bond acceptors (Lipinski definition) is 3. The maximum Gasteiger partial charge on any atom is 0.241 e. The standard InChI is InChI=1S/C16H24FN3O/c1-4-14-16(21)20(11-10-19(3)5-2)15(18-14)12-8-6-7-9-13(12)17/h6-9,14-15,18H,4-5,10-11H2,1-3H3. The summed E-state index contributed by atoms with van der Waals surface area (Å²) >= 11 is 0. The fraction of sp³-hybridized carbons (Fsp3) is 0.562. The molecule has 1 amide bonds. The van der Waals surface area contributed by atoms with Gasteiger partial charge in [0.25, 0.3) is 0 Å². The molecule has 21 heavy (non-hydrogen) atoms. The van der Waals surface area contributed by atoms with Crippen LogP contribution in [0.1, 0.15) is 32.0 Å². The molecular weight excluding hydrogens is 269 g/mol. The molecule has 116 valence electrons. The molecule has 0 aromatic heterocycles. The van der Waals surface area contributed by atoms with Gasteiger partial charge >= 0.3 is 0 Å². The van der Waals surface area contributed by atoms with Crippen molar-refractivity contribution in [2.45, 2.75) is 32.5 Å². The van der Waals surface area contributed by atoms with Crippen molar-refractivity contribution >= 4 is 5.91 Å². The number of halogens is 1. The van der Waals surface area contributed by atoms with Crippen LogP contribution < -0.4 is 5.32 Å². The number of nitrogens with one attached hydrogen (secondary N) is 1. The lowest BCUT2D eigenvalue weighted by Gasteiger charge is -2.27. The van der Waals surface area contributed by atoms with Gasteiger partial charge in [0.15, 0.2) is 0 Å². The highest BCUT2D eigenvalue weighted by molar-refractivity contribution is 5.84. The van der Waals surface area contributed by atoms with E-state index in [1.54, 1.807) is 23.1 Å². The van der Waals surface area contributed by atoms with Gasteiger partial charge in [0.1, 0.15) is 12.0 Å². The van der Waals surface area contributed by atoms with Gasteiger partial charge in [-0.3, -0.25) is 10.1 Å². The molecule has 0 bridgehead atoms. The highest BCUT2D eigenvalue weighted by Gasteiger charge is 2.39. The van der Waals surface area contributed by atoms with Crippen LogP contribution >= 0.6 is 0 Å². The zero-order chi connectivity index (χ0) is 15.4. The summed E-state index contributed by atoms with van der Waals surface area (Å²) in [5.74, 6) is -0.205. The van der Waals surface area contributed by atoms with Crippen molar-refractivity contribution in [3.8, 4) is 0 Å². The summed E-state index contributed by atoms with van der Waals surface area (Å²) in [4.78, 5) is 16.4. The Kier molecular flexibility index (Phi) is 5.31. The second-order valence-corrected chi connectivity index (χ2v) is 5.48. The SMILES string of the molecule is CCC1NC(c2ccccc2F)N(CCN(C)CC)C1=O. The Morgan fingerprint density at radius 1 is 1.33 bits per heavy atom. The van der Waals surface area contributed by atoms with E-state index in [0.29, 0.717) is 18.5 Å². The van der Waals surface area contributed by atoms with Crippen LogP contribution in [0, 0.1) is 5.82 Å². The van der Waals surface area contributed by atoms with Crippen LogP contribution in [0.4, 0.5) is 4.39 Å². The van der Waals surface area contributed by atoms with Crippen LogP contribution in [0.3, 0.4) is 0 Å². The Labute approximate surface area is 125 Å². The first kappa shape index (κ1) is 15.9. The molecule has 4 nitrogen and oxygen atoms in total. The molecule has 1 aliphatic rings. The molecule has 1 aromatic rings. The average Bonchev–Trinajstić information content (AvgIpc) is 2.81. The van der Waals surface area contributed by atoms with Gasteiger partial charge in [-0.2, -0.15) is 0 Å². The first-order valence-corrected chi connectivity index (χ1v) is 7.58. The highest BCUT2D eigenvalue weighted by Crippen LogP contribution is 2.27. The predicted octanol–water partition coefficient (Wildman–Crippen LogP) is 1.99. The molecule has 2 unspecified atom stereocenters. The lowest BCUT2D eigenvalue weighted by atomic mass is 10.1. The third-order valence-electron chi connectivity index (χ3n) is 4.12. The molecule has 1 heterocycles. The summed E-state index contributed by atoms with van der Waals surface area (Å²) in [5.41, 5.74) is 0.543. The molecule has 1 fully saturated rings. The molecule has 1 aliphatic heterocycles. The third-order valence-corrected chi connectivity index (χ3v) is 4.12. The van der Waals surface area contributed by atoms with Gasteiger partial charge < -0.3 is 9.80 Å². The highest BCUT2D eigenvalue weighted by atomic mass is 19.1. The van der Waals surface area contributed by atoms with E-state index in [1.165, 1.54) is 6.07 Å². The molecule has 0 saturated carbocycles. The number of amides is 1. The molecule has 1 N–H and O–H groups in total. The minimum absolute atomic E-state index is 0.0651. The second-order valence-electron chi connectivity index (χ2n) is 5.48. The van der Waals surface area contributed by atoms with Gasteiger partial charge in [-0.15, -0.1) is 0 Å². The van der Waals surface area contributed by atoms with E-state index in [9.17, 15) is 9.18 Å². The largest absolute Gasteiger partial charge is 0.320 e. The smallest absolute Gasteiger partial charge is 0.241 e. The Hall–Kier alpha value is -1.46. The molecular formula is C16H24FN3O. The fourth-order valence-corrected chi connectivity index (χ4v) is 2.60. The summed E-state index contributed by atoms with van der Waals surface area (Å²) in [7, 11) is 2.02. The van der Waals surface area contributed by atoms with Crippen LogP contribution in [0.25, 0.3) is 0 Å². The predicted molar refractivity (Wildman–Crippen MR) is 81.2 cm³/mol. The molecule has 2 rings (SSSR count). The Morgan fingerprint density at radius 2 is 2.05 bits per heavy atom. The number of likely N-dealkylation sites (N-methyl/N-ethyl adjacent to an activating group) is 1. The van der Waals surface area contributed by atoms with Crippen molar-refractivity contribution < 1.29 is 9.18 Å². The Morgan fingerprint density at radius 3 is 2.67 bits per heavy atom. The molecule has 2 atom stereocenters. The van der Waals surface area contributed by atoms with E-state index in [2.05, 4.69) is 17.1 Å². The number of rotatable bonds is 6. The van der Waals surface area contributed by atoms with Crippen LogP contribution in [0.2, 0.25) is 0 Å². The number of benzene rings is 1. The van der Waals surface area contributed by atoms with Crippen molar-refractivity contribution in [1.29, 1.82) is 0 Å². The van der Waals surface area contributed by atoms with E-state index < -0.39 is 0 Å². The molecule has 0 spiro atoms. The first-order chi connectivity index (χ1) is 10.1. The maximum atomic E-state index is 14.0. The number of carbonyl (C=O) groups is 1. The summed E-state index contributed by atoms with van der Waals surface area (Å²) in [6.07, 6.45) is 0.345. The minimum atomic E-state index is -0.367. The van der Waals surface area contributed by atoms with Crippen LogP contribution in [-0.4, -0.2) is 48.4 Å². The third kappa shape index (κ3) is 3.41. The zero-order valence-electron chi connectivity index (χ0n) is 13.0. The van der Waals surface area contributed by atoms with E-state index in [4.69, 9.17) is 0 Å². The molecule has 1 saturated heterocycles. The van der Waals surface area contributed by atoms with Gasteiger partial charge in [-0.05, 0) is 26.1 Å². The number of hydrogen-bond donors (Lipinski definition) is 1. The number of nitrogens with zero attached hydrogens (tertiary/aromatic N) is 2. The Bertz CT molecular complexity index is 494. The normalized spacial score (nSPS) is 22.3. The lowest BCUT2D eigenvalue weighted by molar-refractivity contribution is -0.130. The Balaban J connectivity index is 2.20. The maximum absolute atomic E-state index is 14.0. The zero-order valence-corrected chi connectivity index (χ0v) is 13.0. The van der Waals surface area contributed by atoms with Gasteiger partial charge in [0, 0.05) is 18.7 Å². The van der Waals surface area contributed by atoms with E-state index >= 15 is 0 Å². The summed E-state index contributed by atoms with van der Waals surface area (Å²) < 4.78 is 14.0. The molecule has 0 radical (unpaired) electrons. The minimum Gasteiger partial charge on any atom is -0.320 e. The summed E-state index contributed by atoms with van der Waals surface area (Å²) in [5, 5.41) is 3.26. The molecule has 5 heteroatoms. The molecule has 1 aromatic carbocycles. The quantitative estimate of drug-likeness (QED) is 0.871. The fourth-order valence-electron chi connectivity index (χ4n) is 2.60. The van der Waals surface area contributed by atoms with E-state index in [-0.39, 0.29) is 23.9 Å². The molecule has 0 aliphatic carbocycles. The topological polar surface area (TPSA) is 35.6 Å². The number of carbonyl (C=O) groups excluding carboxylic acids is 1. The van der Waals surface area contributed by atoms with E-state index in [0.717, 1.165) is 13.1 Å². The second kappa shape index (κ2) is 7.00. The van der Waals surface area contributed by atoms with Gasteiger partial charge in [-0.25, -0.2) is 4.39 Å². The van der Waals surface area contributed by atoms with Crippen LogP contribution in [-0.2, 0) is 4.79 Å². The van der Waals surface area contributed by atoms with Crippen molar-refractivity contribution in [1.82, 2.24) is 15.1 Å². The lowest BCUT2D eigenvalue weighted by Crippen LogP contribution is -2.37. The summed E-state index contributed by atoms with van der Waals surface area (Å²) in [6, 6.07) is 6.44. The average molecular weight is 293 g/mol. The van der Waals surface area contributed by atoms with E-state index in [1.807, 2.05) is 14.0 Å².